The van der Waals surface area contributed by atoms with Gasteiger partial charge in [-0.1, -0.05) is 29.3 Å². The molecule has 0 aliphatic carbocycles. The highest BCUT2D eigenvalue weighted by atomic mass is 35.5. The summed E-state index contributed by atoms with van der Waals surface area (Å²) in [5, 5.41) is 12.0. The minimum atomic E-state index is -0.632. The summed E-state index contributed by atoms with van der Waals surface area (Å²) in [5.74, 6) is 0.00952. The van der Waals surface area contributed by atoms with Crippen molar-refractivity contribution in [1.29, 1.82) is 0 Å². The molecule has 1 aliphatic heterocycles. The van der Waals surface area contributed by atoms with Gasteiger partial charge in [-0.3, -0.25) is 9.48 Å². The molecule has 5 nitrogen and oxygen atoms in total. The first-order valence-corrected chi connectivity index (χ1v) is 9.22. The van der Waals surface area contributed by atoms with E-state index in [9.17, 15) is 4.79 Å². The lowest BCUT2D eigenvalue weighted by Crippen LogP contribution is -2.56. The molecule has 3 rings (SSSR count). The molecule has 1 unspecified atom stereocenters. The highest BCUT2D eigenvalue weighted by molar-refractivity contribution is 6.35. The molecule has 134 valence electrons. The third kappa shape index (κ3) is 4.00. The minimum absolute atomic E-state index is 0.00952. The summed E-state index contributed by atoms with van der Waals surface area (Å²) in [6, 6.07) is 7.25. The molecule has 7 heteroatoms. The Bertz CT molecular complexity index is 727. The highest BCUT2D eigenvalue weighted by Gasteiger charge is 2.42. The number of rotatable bonds is 5. The van der Waals surface area contributed by atoms with Crippen molar-refractivity contribution >= 4 is 29.1 Å². The van der Waals surface area contributed by atoms with E-state index in [0.717, 1.165) is 31.5 Å². The van der Waals surface area contributed by atoms with Crippen molar-refractivity contribution in [3.63, 3.8) is 0 Å². The van der Waals surface area contributed by atoms with Crippen molar-refractivity contribution in [2.75, 3.05) is 13.1 Å². The van der Waals surface area contributed by atoms with Gasteiger partial charge in [-0.2, -0.15) is 5.10 Å². The maximum Gasteiger partial charge on any atom is 0.248 e. The highest BCUT2D eigenvalue weighted by Crippen LogP contribution is 2.28. The van der Waals surface area contributed by atoms with Crippen LogP contribution in [0.25, 0.3) is 0 Å². The molecular weight excluding hydrogens is 359 g/mol. The summed E-state index contributed by atoms with van der Waals surface area (Å²) in [6.45, 7) is 3.58. The molecule has 2 heterocycles. The lowest BCUT2D eigenvalue weighted by Gasteiger charge is -2.37. The normalized spacial score (nSPS) is 17.9. The van der Waals surface area contributed by atoms with Gasteiger partial charge in [-0.25, -0.2) is 0 Å². The van der Waals surface area contributed by atoms with E-state index in [4.69, 9.17) is 23.2 Å². The Morgan fingerprint density at radius 3 is 2.80 bits per heavy atom. The number of halogens is 2. The predicted octanol–water partition coefficient (Wildman–Crippen LogP) is 3.02. The van der Waals surface area contributed by atoms with Gasteiger partial charge in [0, 0.05) is 28.5 Å². The third-order valence-electron chi connectivity index (χ3n) is 4.72. The van der Waals surface area contributed by atoms with E-state index in [2.05, 4.69) is 15.7 Å². The molecule has 1 saturated heterocycles. The molecule has 1 aromatic heterocycles. The van der Waals surface area contributed by atoms with Crippen LogP contribution in [0.2, 0.25) is 10.0 Å². The van der Waals surface area contributed by atoms with Gasteiger partial charge in [0.05, 0.1) is 0 Å². The number of piperidine rings is 1. The van der Waals surface area contributed by atoms with E-state index in [-0.39, 0.29) is 11.9 Å². The van der Waals surface area contributed by atoms with Crippen molar-refractivity contribution in [3.05, 3.63) is 52.3 Å². The molecule has 1 aliphatic rings. The zero-order chi connectivity index (χ0) is 17.9. The first kappa shape index (κ1) is 18.2. The van der Waals surface area contributed by atoms with Crippen LogP contribution in [0.1, 0.15) is 25.3 Å². The monoisotopic (exact) mass is 380 g/mol. The van der Waals surface area contributed by atoms with Crippen LogP contribution in [0, 0.1) is 0 Å². The number of amides is 1. The van der Waals surface area contributed by atoms with Crippen LogP contribution in [0.5, 0.6) is 0 Å². The Hall–Kier alpha value is -1.56. The third-order valence-corrected chi connectivity index (χ3v) is 5.30. The summed E-state index contributed by atoms with van der Waals surface area (Å²) in [5.41, 5.74) is 0.338. The molecule has 1 aromatic carbocycles. The fraction of sp³-hybridized carbons (Fsp3) is 0.444. The second kappa shape index (κ2) is 7.77. The molecule has 0 spiro atoms. The standard InChI is InChI=1S/C18H22Cl2N4O/c1-13(11-14-3-4-15(19)12-16(14)20)23-17(25)18(5-8-21-9-6-18)24-10-2-7-22-24/h2-4,7,10,12-13,21H,5-6,8-9,11H2,1H3,(H,23,25). The number of nitrogens with zero attached hydrogens (tertiary/aromatic N) is 2. The second-order valence-electron chi connectivity index (χ2n) is 6.55. The summed E-state index contributed by atoms with van der Waals surface area (Å²) >= 11 is 12.2. The second-order valence-corrected chi connectivity index (χ2v) is 7.39. The zero-order valence-corrected chi connectivity index (χ0v) is 15.6. The van der Waals surface area contributed by atoms with Gasteiger partial charge >= 0.3 is 0 Å². The smallest absolute Gasteiger partial charge is 0.248 e. The van der Waals surface area contributed by atoms with Crippen molar-refractivity contribution in [2.24, 2.45) is 0 Å². The molecule has 0 radical (unpaired) electrons. The Morgan fingerprint density at radius 1 is 1.40 bits per heavy atom. The lowest BCUT2D eigenvalue weighted by molar-refractivity contribution is -0.132. The van der Waals surface area contributed by atoms with E-state index in [1.807, 2.05) is 31.3 Å². The summed E-state index contributed by atoms with van der Waals surface area (Å²) in [6.07, 6.45) is 5.67. The number of carbonyl (C=O) groups excluding carboxylic acids is 1. The first-order valence-electron chi connectivity index (χ1n) is 8.47. The summed E-state index contributed by atoms with van der Waals surface area (Å²) in [7, 11) is 0. The van der Waals surface area contributed by atoms with E-state index >= 15 is 0 Å². The zero-order valence-electron chi connectivity index (χ0n) is 14.1. The van der Waals surface area contributed by atoms with Crippen LogP contribution >= 0.6 is 23.2 Å². The first-order chi connectivity index (χ1) is 12.0. The van der Waals surface area contributed by atoms with E-state index in [0.29, 0.717) is 16.5 Å². The van der Waals surface area contributed by atoms with Gasteiger partial charge in [-0.15, -0.1) is 0 Å². The minimum Gasteiger partial charge on any atom is -0.351 e. The Balaban J connectivity index is 1.72. The van der Waals surface area contributed by atoms with E-state index < -0.39 is 5.54 Å². The predicted molar refractivity (Wildman–Crippen MR) is 100 cm³/mol. The van der Waals surface area contributed by atoms with E-state index in [1.165, 1.54) is 0 Å². The molecule has 0 saturated carbocycles. The van der Waals surface area contributed by atoms with Crippen molar-refractivity contribution in [2.45, 2.75) is 37.8 Å². The maximum absolute atomic E-state index is 13.1. The van der Waals surface area contributed by atoms with Gasteiger partial charge in [0.2, 0.25) is 5.91 Å². The van der Waals surface area contributed by atoms with E-state index in [1.54, 1.807) is 16.9 Å². The molecule has 1 atom stereocenters. The van der Waals surface area contributed by atoms with Gasteiger partial charge in [0.15, 0.2) is 0 Å². The van der Waals surface area contributed by atoms with Crippen LogP contribution in [-0.4, -0.2) is 34.8 Å². The van der Waals surface area contributed by atoms with Gasteiger partial charge < -0.3 is 10.6 Å². The SMILES string of the molecule is CC(Cc1ccc(Cl)cc1Cl)NC(=O)C1(n2cccn2)CCNCC1. The van der Waals surface area contributed by atoms with Gasteiger partial charge in [-0.05, 0) is 63.0 Å². The topological polar surface area (TPSA) is 59.0 Å². The molecule has 25 heavy (non-hydrogen) atoms. The fourth-order valence-corrected chi connectivity index (χ4v) is 3.83. The molecule has 2 aromatic rings. The average Bonchev–Trinajstić information content (AvgIpc) is 3.13. The number of hydrogen-bond acceptors (Lipinski definition) is 3. The number of benzene rings is 1. The Morgan fingerprint density at radius 2 is 2.16 bits per heavy atom. The Kier molecular flexibility index (Phi) is 5.67. The molecular formula is C18H22Cl2N4O. The maximum atomic E-state index is 13.1. The quantitative estimate of drug-likeness (QED) is 0.837. The summed E-state index contributed by atoms with van der Waals surface area (Å²) < 4.78 is 1.80. The van der Waals surface area contributed by atoms with Crippen molar-refractivity contribution in [3.8, 4) is 0 Å². The van der Waals surface area contributed by atoms with Crippen molar-refractivity contribution < 1.29 is 4.79 Å². The number of aromatic nitrogens is 2. The van der Waals surface area contributed by atoms with Crippen LogP contribution in [0.15, 0.2) is 36.7 Å². The van der Waals surface area contributed by atoms with Gasteiger partial charge in [0.25, 0.3) is 0 Å². The molecule has 0 bridgehead atoms. The fourth-order valence-electron chi connectivity index (χ4n) is 3.35. The largest absolute Gasteiger partial charge is 0.351 e. The van der Waals surface area contributed by atoms with Gasteiger partial charge in [0.1, 0.15) is 5.54 Å². The molecule has 1 fully saturated rings. The number of nitrogens with one attached hydrogen (secondary N) is 2. The number of hydrogen-bond donors (Lipinski definition) is 2. The summed E-state index contributed by atoms with van der Waals surface area (Å²) in [4.78, 5) is 13.1. The number of carbonyl (C=O) groups is 1. The molecule has 1 amide bonds. The van der Waals surface area contributed by atoms with Crippen LogP contribution < -0.4 is 10.6 Å². The van der Waals surface area contributed by atoms with Crippen LogP contribution in [-0.2, 0) is 16.8 Å². The molecule has 2 N–H and O–H groups in total. The van der Waals surface area contributed by atoms with Crippen LogP contribution in [0.4, 0.5) is 0 Å². The Labute approximate surface area is 157 Å². The average molecular weight is 381 g/mol. The van der Waals surface area contributed by atoms with Crippen molar-refractivity contribution in [1.82, 2.24) is 20.4 Å². The lowest BCUT2D eigenvalue weighted by atomic mass is 9.87. The van der Waals surface area contributed by atoms with Crippen LogP contribution in [0.3, 0.4) is 0 Å².